The summed E-state index contributed by atoms with van der Waals surface area (Å²) >= 11 is 0. The highest BCUT2D eigenvalue weighted by atomic mass is 16.6. The Balaban J connectivity index is 2.25. The molecule has 0 saturated carbocycles. The first kappa shape index (κ1) is 15.3. The zero-order chi connectivity index (χ0) is 15.4. The molecule has 0 bridgehead atoms. The summed E-state index contributed by atoms with van der Waals surface area (Å²) in [7, 11) is 0. The number of carbonyl (C=O) groups excluding carboxylic acids is 2. The number of carbonyl (C=O) groups is 2. The van der Waals surface area contributed by atoms with Crippen LogP contribution in [0.1, 0.15) is 25.8 Å². The fourth-order valence-electron chi connectivity index (χ4n) is 2.37. The van der Waals surface area contributed by atoms with Gasteiger partial charge in [0.25, 0.3) is 0 Å². The smallest absolute Gasteiger partial charge is 0.409 e. The van der Waals surface area contributed by atoms with Crippen molar-refractivity contribution in [1.82, 2.24) is 5.32 Å². The SMILES string of the molecule is CCNC(=O)O[C@H]1Cc2ccccc2N1C(=O)[C@@H](N)CC. The predicted molar refractivity (Wildman–Crippen MR) is 79.8 cm³/mol. The lowest BCUT2D eigenvalue weighted by atomic mass is 10.1. The van der Waals surface area contributed by atoms with E-state index in [1.165, 1.54) is 4.90 Å². The highest BCUT2D eigenvalue weighted by Gasteiger charge is 2.37. The van der Waals surface area contributed by atoms with Crippen molar-refractivity contribution in [1.29, 1.82) is 0 Å². The molecular weight excluding hydrogens is 270 g/mol. The number of fused-ring (bicyclic) bond motifs is 1. The number of rotatable bonds is 4. The molecule has 1 aliphatic rings. The molecule has 0 unspecified atom stereocenters. The summed E-state index contributed by atoms with van der Waals surface area (Å²) in [6.07, 6.45) is -0.154. The Kier molecular flexibility index (Phi) is 4.80. The molecule has 6 heteroatoms. The molecule has 2 rings (SSSR count). The van der Waals surface area contributed by atoms with Gasteiger partial charge in [0, 0.05) is 13.0 Å². The van der Waals surface area contributed by atoms with E-state index >= 15 is 0 Å². The monoisotopic (exact) mass is 291 g/mol. The van der Waals surface area contributed by atoms with Crippen molar-refractivity contribution < 1.29 is 14.3 Å². The molecule has 114 valence electrons. The van der Waals surface area contributed by atoms with Crippen LogP contribution in [0.2, 0.25) is 0 Å². The Morgan fingerprint density at radius 2 is 2.14 bits per heavy atom. The highest BCUT2D eigenvalue weighted by molar-refractivity contribution is 5.99. The van der Waals surface area contributed by atoms with Gasteiger partial charge in [0.05, 0.1) is 11.7 Å². The third-order valence-electron chi connectivity index (χ3n) is 3.49. The van der Waals surface area contributed by atoms with E-state index < -0.39 is 18.4 Å². The number of nitrogens with one attached hydrogen (secondary N) is 1. The summed E-state index contributed by atoms with van der Waals surface area (Å²) in [4.78, 5) is 25.6. The number of amides is 2. The average molecular weight is 291 g/mol. The van der Waals surface area contributed by atoms with Gasteiger partial charge in [-0.05, 0) is 25.0 Å². The number of ether oxygens (including phenoxy) is 1. The lowest BCUT2D eigenvalue weighted by molar-refractivity contribution is -0.121. The van der Waals surface area contributed by atoms with E-state index in [-0.39, 0.29) is 5.91 Å². The number of anilines is 1. The van der Waals surface area contributed by atoms with E-state index in [0.29, 0.717) is 19.4 Å². The number of hydrogen-bond donors (Lipinski definition) is 2. The number of hydrogen-bond acceptors (Lipinski definition) is 4. The van der Waals surface area contributed by atoms with Gasteiger partial charge in [0.1, 0.15) is 0 Å². The van der Waals surface area contributed by atoms with E-state index in [1.807, 2.05) is 31.2 Å². The summed E-state index contributed by atoms with van der Waals surface area (Å²) < 4.78 is 5.36. The van der Waals surface area contributed by atoms with E-state index in [0.717, 1.165) is 11.3 Å². The molecule has 0 radical (unpaired) electrons. The molecule has 2 amide bonds. The van der Waals surface area contributed by atoms with Crippen molar-refractivity contribution in [3.8, 4) is 0 Å². The summed E-state index contributed by atoms with van der Waals surface area (Å²) in [5.74, 6) is -0.225. The molecule has 1 aromatic rings. The second kappa shape index (κ2) is 6.58. The first-order chi connectivity index (χ1) is 10.1. The normalized spacial score (nSPS) is 18.0. The van der Waals surface area contributed by atoms with Crippen LogP contribution in [0.15, 0.2) is 24.3 Å². The molecule has 0 fully saturated rings. The third kappa shape index (κ3) is 3.16. The summed E-state index contributed by atoms with van der Waals surface area (Å²) in [5, 5.41) is 2.57. The van der Waals surface area contributed by atoms with Crippen molar-refractivity contribution in [3.63, 3.8) is 0 Å². The largest absolute Gasteiger partial charge is 0.425 e. The maximum atomic E-state index is 12.5. The lowest BCUT2D eigenvalue weighted by Crippen LogP contribution is -2.49. The number of nitrogens with two attached hydrogens (primary N) is 1. The minimum Gasteiger partial charge on any atom is -0.425 e. The molecule has 1 aliphatic heterocycles. The average Bonchev–Trinajstić information content (AvgIpc) is 2.83. The Hall–Kier alpha value is -2.08. The van der Waals surface area contributed by atoms with Gasteiger partial charge >= 0.3 is 6.09 Å². The Bertz CT molecular complexity index is 533. The molecule has 0 saturated heterocycles. The van der Waals surface area contributed by atoms with Gasteiger partial charge in [-0.25, -0.2) is 4.79 Å². The van der Waals surface area contributed by atoms with Crippen LogP contribution in [0.3, 0.4) is 0 Å². The molecule has 2 atom stereocenters. The molecule has 0 spiro atoms. The number of para-hydroxylation sites is 1. The number of benzene rings is 1. The van der Waals surface area contributed by atoms with Crippen LogP contribution in [0, 0.1) is 0 Å². The van der Waals surface area contributed by atoms with Crippen LogP contribution in [-0.4, -0.2) is 30.8 Å². The van der Waals surface area contributed by atoms with Crippen molar-refractivity contribution in [2.24, 2.45) is 5.73 Å². The van der Waals surface area contributed by atoms with Gasteiger partial charge in [-0.2, -0.15) is 0 Å². The number of nitrogens with zero attached hydrogens (tertiary/aromatic N) is 1. The van der Waals surface area contributed by atoms with Gasteiger partial charge in [-0.1, -0.05) is 25.1 Å². The molecular formula is C15H21N3O3. The summed E-state index contributed by atoms with van der Waals surface area (Å²) in [6.45, 7) is 4.13. The van der Waals surface area contributed by atoms with Crippen molar-refractivity contribution in [2.45, 2.75) is 39.0 Å². The second-order valence-corrected chi connectivity index (χ2v) is 4.95. The topological polar surface area (TPSA) is 84.7 Å². The highest BCUT2D eigenvalue weighted by Crippen LogP contribution is 2.33. The maximum absolute atomic E-state index is 12.5. The van der Waals surface area contributed by atoms with Gasteiger partial charge in [-0.3, -0.25) is 9.69 Å². The standard InChI is InChI=1S/C15H21N3O3/c1-3-11(16)14(19)18-12-8-6-5-7-10(12)9-13(18)21-15(20)17-4-2/h5-8,11,13H,3-4,9,16H2,1-2H3,(H,17,20)/t11-,13-/m0/s1. The maximum Gasteiger partial charge on any atom is 0.409 e. The minimum absolute atomic E-state index is 0.225. The second-order valence-electron chi connectivity index (χ2n) is 4.95. The zero-order valence-electron chi connectivity index (χ0n) is 12.3. The molecule has 21 heavy (non-hydrogen) atoms. The van der Waals surface area contributed by atoms with E-state index in [9.17, 15) is 9.59 Å². The fraction of sp³-hybridized carbons (Fsp3) is 0.467. The van der Waals surface area contributed by atoms with Crippen LogP contribution in [0.4, 0.5) is 10.5 Å². The Morgan fingerprint density at radius 3 is 2.81 bits per heavy atom. The van der Waals surface area contributed by atoms with E-state index in [1.54, 1.807) is 6.92 Å². The van der Waals surface area contributed by atoms with Crippen LogP contribution in [0.25, 0.3) is 0 Å². The van der Waals surface area contributed by atoms with Crippen molar-refractivity contribution in [3.05, 3.63) is 29.8 Å². The van der Waals surface area contributed by atoms with Crippen LogP contribution in [0.5, 0.6) is 0 Å². The number of alkyl carbamates (subject to hydrolysis) is 1. The van der Waals surface area contributed by atoms with Gasteiger partial charge in [-0.15, -0.1) is 0 Å². The molecule has 1 aromatic carbocycles. The Morgan fingerprint density at radius 1 is 1.43 bits per heavy atom. The molecule has 0 aliphatic carbocycles. The zero-order valence-corrected chi connectivity index (χ0v) is 12.3. The third-order valence-corrected chi connectivity index (χ3v) is 3.49. The van der Waals surface area contributed by atoms with Crippen LogP contribution in [-0.2, 0) is 16.0 Å². The van der Waals surface area contributed by atoms with Crippen LogP contribution >= 0.6 is 0 Å². The van der Waals surface area contributed by atoms with E-state index in [4.69, 9.17) is 10.5 Å². The minimum atomic E-state index is -0.640. The van der Waals surface area contributed by atoms with E-state index in [2.05, 4.69) is 5.32 Å². The summed E-state index contributed by atoms with van der Waals surface area (Å²) in [5.41, 5.74) is 7.60. The molecule has 1 heterocycles. The first-order valence-electron chi connectivity index (χ1n) is 7.19. The molecule has 0 aromatic heterocycles. The molecule has 3 N–H and O–H groups in total. The lowest BCUT2D eigenvalue weighted by Gasteiger charge is -2.27. The Labute approximate surface area is 124 Å². The first-order valence-corrected chi connectivity index (χ1v) is 7.19. The van der Waals surface area contributed by atoms with Gasteiger partial charge in [0.2, 0.25) is 5.91 Å². The summed E-state index contributed by atoms with van der Waals surface area (Å²) in [6, 6.07) is 6.92. The van der Waals surface area contributed by atoms with Crippen molar-refractivity contribution in [2.75, 3.05) is 11.4 Å². The van der Waals surface area contributed by atoms with Crippen LogP contribution < -0.4 is 16.0 Å². The molecule has 6 nitrogen and oxygen atoms in total. The fourth-order valence-corrected chi connectivity index (χ4v) is 2.37. The van der Waals surface area contributed by atoms with Gasteiger partial charge < -0.3 is 15.8 Å². The van der Waals surface area contributed by atoms with Crippen molar-refractivity contribution >= 4 is 17.7 Å². The predicted octanol–water partition coefficient (Wildman–Crippen LogP) is 1.39. The van der Waals surface area contributed by atoms with Gasteiger partial charge in [0.15, 0.2) is 6.23 Å². The quantitative estimate of drug-likeness (QED) is 0.878.